The molecule has 8 rings (SSSR count). The van der Waals surface area contributed by atoms with Crippen molar-refractivity contribution in [2.24, 2.45) is 0 Å². The molecule has 11 nitrogen and oxygen atoms in total. The van der Waals surface area contributed by atoms with Crippen molar-refractivity contribution < 1.29 is 19.8 Å². The van der Waals surface area contributed by atoms with Gasteiger partial charge >= 0.3 is 0 Å². The lowest BCUT2D eigenvalue weighted by Crippen LogP contribution is -2.35. The fraction of sp³-hybridized carbons (Fsp3) is 0.244. The lowest BCUT2D eigenvalue weighted by molar-refractivity contribution is -0.142. The van der Waals surface area contributed by atoms with E-state index in [4.69, 9.17) is 4.98 Å². The molecule has 262 valence electrons. The van der Waals surface area contributed by atoms with Crippen LogP contribution < -0.4 is 0 Å². The molecular formula is C41H39N7O4. The summed E-state index contributed by atoms with van der Waals surface area (Å²) in [5.41, 5.74) is 6.43. The van der Waals surface area contributed by atoms with Gasteiger partial charge in [0.1, 0.15) is 11.6 Å². The van der Waals surface area contributed by atoms with Crippen molar-refractivity contribution in [3.8, 4) is 33.8 Å². The summed E-state index contributed by atoms with van der Waals surface area (Å²) in [6, 6.07) is 29.6. The Balaban J connectivity index is 0.920. The Morgan fingerprint density at radius 2 is 1.04 bits per heavy atom. The first kappa shape index (κ1) is 33.2. The molecule has 6 aromatic rings. The predicted molar refractivity (Wildman–Crippen MR) is 195 cm³/mol. The van der Waals surface area contributed by atoms with Crippen molar-refractivity contribution in [1.82, 2.24) is 34.7 Å². The minimum absolute atomic E-state index is 0.223. The molecule has 5 heterocycles. The number of aliphatic hydroxyl groups is 2. The van der Waals surface area contributed by atoms with Gasteiger partial charge in [-0.3, -0.25) is 14.6 Å². The number of nitrogens with one attached hydrogen (secondary N) is 2. The summed E-state index contributed by atoms with van der Waals surface area (Å²) < 4.78 is 0. The van der Waals surface area contributed by atoms with Crippen LogP contribution in [0.1, 0.15) is 72.8 Å². The number of imidazole rings is 2. The molecule has 11 heteroatoms. The van der Waals surface area contributed by atoms with E-state index in [1.807, 2.05) is 79.0 Å². The lowest BCUT2D eigenvalue weighted by Gasteiger charge is -2.25. The normalized spacial score (nSPS) is 18.4. The van der Waals surface area contributed by atoms with Gasteiger partial charge in [-0.2, -0.15) is 0 Å². The Labute approximate surface area is 301 Å². The molecule has 0 bridgehead atoms. The number of H-pyrrole nitrogens is 2. The number of rotatable bonds is 9. The van der Waals surface area contributed by atoms with Gasteiger partial charge in [-0.25, -0.2) is 9.97 Å². The van der Waals surface area contributed by atoms with Gasteiger partial charge in [0.2, 0.25) is 0 Å². The smallest absolute Gasteiger partial charge is 0.256 e. The van der Waals surface area contributed by atoms with E-state index in [-0.39, 0.29) is 23.9 Å². The first-order valence-corrected chi connectivity index (χ1v) is 17.7. The van der Waals surface area contributed by atoms with Crippen LogP contribution in [-0.4, -0.2) is 69.8 Å². The van der Waals surface area contributed by atoms with Gasteiger partial charge in [0, 0.05) is 30.4 Å². The summed E-state index contributed by atoms with van der Waals surface area (Å²) in [4.78, 5) is 50.7. The van der Waals surface area contributed by atoms with Crippen LogP contribution in [0.15, 0.2) is 116 Å². The van der Waals surface area contributed by atoms with Gasteiger partial charge in [0.05, 0.1) is 41.6 Å². The number of nitrogens with zero attached hydrogens (tertiary/aromatic N) is 5. The van der Waals surface area contributed by atoms with Crippen LogP contribution in [-0.2, 0) is 9.59 Å². The largest absolute Gasteiger partial charge is 0.378 e. The average Bonchev–Trinajstić information content (AvgIpc) is 4.04. The molecule has 3 aromatic carbocycles. The summed E-state index contributed by atoms with van der Waals surface area (Å²) >= 11 is 0. The van der Waals surface area contributed by atoms with E-state index in [2.05, 4.69) is 19.9 Å². The monoisotopic (exact) mass is 693 g/mol. The van der Waals surface area contributed by atoms with E-state index >= 15 is 0 Å². The Morgan fingerprint density at radius 3 is 1.52 bits per heavy atom. The molecule has 0 spiro atoms. The van der Waals surface area contributed by atoms with E-state index < -0.39 is 12.2 Å². The Bertz CT molecular complexity index is 1990. The highest BCUT2D eigenvalue weighted by Gasteiger charge is 2.36. The van der Waals surface area contributed by atoms with Gasteiger partial charge < -0.3 is 30.0 Å². The van der Waals surface area contributed by atoms with Crippen LogP contribution in [0.2, 0.25) is 0 Å². The first-order chi connectivity index (χ1) is 25.4. The second kappa shape index (κ2) is 14.4. The molecule has 0 radical (unpaired) electrons. The molecule has 2 fully saturated rings. The maximum absolute atomic E-state index is 13.2. The van der Waals surface area contributed by atoms with Crippen LogP contribution in [0, 0.1) is 0 Å². The van der Waals surface area contributed by atoms with Crippen LogP contribution in [0.25, 0.3) is 33.8 Å². The molecule has 4 N–H and O–H groups in total. The van der Waals surface area contributed by atoms with Crippen molar-refractivity contribution in [3.05, 3.63) is 138 Å². The number of aliphatic hydroxyl groups excluding tert-OH is 2. The number of likely N-dealkylation sites (tertiary alicyclic amines) is 2. The fourth-order valence-corrected chi connectivity index (χ4v) is 7.35. The molecule has 3 aromatic heterocycles. The first-order valence-electron chi connectivity index (χ1n) is 17.7. The van der Waals surface area contributed by atoms with E-state index in [0.717, 1.165) is 59.5 Å². The van der Waals surface area contributed by atoms with Gasteiger partial charge in [0.25, 0.3) is 11.8 Å². The summed E-state index contributed by atoms with van der Waals surface area (Å²) in [6.45, 7) is 1.14. The Kier molecular flexibility index (Phi) is 9.19. The highest BCUT2D eigenvalue weighted by molar-refractivity contribution is 5.83. The van der Waals surface area contributed by atoms with E-state index in [1.54, 1.807) is 46.5 Å². The Hall–Kier alpha value is -5.91. The standard InChI is InChI=1S/C41H39N7O4/c49-36(28-9-3-1-4-10-28)40(51)47-21-7-13-34(47)38-43-24-32(45-38)27-17-15-26(16-18-27)31-20-19-30(23-42-31)33-25-44-39(46-33)35-14-8-22-48(35)41(52)37(50)29-11-5-2-6-12-29/h1-6,9-12,15-20,23-25,34-37,49-50H,7-8,13-14,21-22H2,(H,43,45)(H,44,46)/t34-,35-,36+,37+/m0/s1. The quantitative estimate of drug-likeness (QED) is 0.138. The summed E-state index contributed by atoms with van der Waals surface area (Å²) in [5, 5.41) is 21.5. The SMILES string of the molecule is O=C([C@H](O)c1ccccc1)N1CCC[C@H]1c1ncc(-c2ccc(-c3ccc(-c4cnc([C@@H]5CCCN5C(=O)[C@H](O)c5ccccc5)[nH]4)cn3)cc2)[nH]1. The summed E-state index contributed by atoms with van der Waals surface area (Å²) in [6.07, 6.45) is 6.17. The molecule has 0 saturated carbocycles. The molecule has 2 aliphatic rings. The zero-order valence-electron chi connectivity index (χ0n) is 28.5. The third-order valence-electron chi connectivity index (χ3n) is 10.2. The number of carbonyl (C=O) groups excluding carboxylic acids is 2. The van der Waals surface area contributed by atoms with Crippen LogP contribution in [0.3, 0.4) is 0 Å². The van der Waals surface area contributed by atoms with Gasteiger partial charge in [-0.05, 0) is 54.5 Å². The fourth-order valence-electron chi connectivity index (χ4n) is 7.35. The maximum Gasteiger partial charge on any atom is 0.256 e. The van der Waals surface area contributed by atoms with E-state index in [0.29, 0.717) is 35.9 Å². The van der Waals surface area contributed by atoms with Crippen LogP contribution in [0.4, 0.5) is 0 Å². The maximum atomic E-state index is 13.2. The third kappa shape index (κ3) is 6.52. The molecule has 2 amide bonds. The number of amides is 2. The van der Waals surface area contributed by atoms with Crippen LogP contribution in [0.5, 0.6) is 0 Å². The predicted octanol–water partition coefficient (Wildman–Crippen LogP) is 6.32. The van der Waals surface area contributed by atoms with Crippen molar-refractivity contribution in [2.75, 3.05) is 13.1 Å². The van der Waals surface area contributed by atoms with Crippen molar-refractivity contribution in [3.63, 3.8) is 0 Å². The molecule has 0 aliphatic carbocycles. The minimum atomic E-state index is -1.21. The van der Waals surface area contributed by atoms with Gasteiger partial charge in [-0.1, -0.05) is 84.9 Å². The molecule has 4 atom stereocenters. The number of hydrogen-bond acceptors (Lipinski definition) is 7. The topological polar surface area (TPSA) is 151 Å². The highest BCUT2D eigenvalue weighted by atomic mass is 16.3. The number of hydrogen-bond donors (Lipinski definition) is 4. The number of aromatic amines is 2. The second-order valence-electron chi connectivity index (χ2n) is 13.4. The highest BCUT2D eigenvalue weighted by Crippen LogP contribution is 2.36. The summed E-state index contributed by atoms with van der Waals surface area (Å²) in [5.74, 6) is 0.778. The molecular weight excluding hydrogens is 654 g/mol. The number of carbonyl (C=O) groups is 2. The molecule has 0 unspecified atom stereocenters. The minimum Gasteiger partial charge on any atom is -0.378 e. The van der Waals surface area contributed by atoms with Crippen molar-refractivity contribution in [1.29, 1.82) is 0 Å². The van der Waals surface area contributed by atoms with Crippen molar-refractivity contribution >= 4 is 11.8 Å². The van der Waals surface area contributed by atoms with Crippen molar-refractivity contribution in [2.45, 2.75) is 50.0 Å². The molecule has 52 heavy (non-hydrogen) atoms. The lowest BCUT2D eigenvalue weighted by atomic mass is 10.1. The zero-order chi connectivity index (χ0) is 35.6. The molecule has 2 aliphatic heterocycles. The summed E-state index contributed by atoms with van der Waals surface area (Å²) in [7, 11) is 0. The second-order valence-corrected chi connectivity index (χ2v) is 13.4. The number of benzene rings is 3. The van der Waals surface area contributed by atoms with Gasteiger partial charge in [0.15, 0.2) is 12.2 Å². The van der Waals surface area contributed by atoms with Gasteiger partial charge in [-0.15, -0.1) is 0 Å². The van der Waals surface area contributed by atoms with Crippen LogP contribution >= 0.6 is 0 Å². The molecule has 2 saturated heterocycles. The Morgan fingerprint density at radius 1 is 0.577 bits per heavy atom. The zero-order valence-corrected chi connectivity index (χ0v) is 28.5. The number of aromatic nitrogens is 5. The van der Waals surface area contributed by atoms with E-state index in [9.17, 15) is 19.8 Å². The van der Waals surface area contributed by atoms with E-state index in [1.165, 1.54) is 0 Å². The third-order valence-corrected chi connectivity index (χ3v) is 10.2. The average molecular weight is 694 g/mol. The number of pyridine rings is 1.